The molecule has 1 amide bonds. The molecular weight excluding hydrogens is 252 g/mol. The number of amides is 1. The van der Waals surface area contributed by atoms with Crippen molar-refractivity contribution in [2.24, 2.45) is 5.92 Å². The van der Waals surface area contributed by atoms with Gasteiger partial charge in [0, 0.05) is 11.4 Å². The molecule has 0 aromatic carbocycles. The number of hydrogen-bond acceptors (Lipinski definition) is 4. The van der Waals surface area contributed by atoms with E-state index < -0.39 is 5.69 Å². The molecule has 2 rings (SSSR count). The lowest BCUT2D eigenvalue weighted by molar-refractivity contribution is 0.0938. The predicted octanol–water partition coefficient (Wildman–Crippen LogP) is 0.768. The average molecular weight is 266 g/mol. The van der Waals surface area contributed by atoms with Crippen molar-refractivity contribution in [3.8, 4) is 0 Å². The summed E-state index contributed by atoms with van der Waals surface area (Å²) in [5.41, 5.74) is -0.480. The molecule has 3 N–H and O–H groups in total. The topological polar surface area (TPSA) is 90.6 Å². The first-order chi connectivity index (χ1) is 8.65. The first-order valence-electron chi connectivity index (χ1n) is 5.60. The third-order valence-electron chi connectivity index (χ3n) is 2.46. The Bertz CT molecular complexity index is 558. The monoisotopic (exact) mass is 266 g/mol. The molecule has 2 aromatic heterocycles. The maximum atomic E-state index is 11.6. The number of H-pyrrole nitrogens is 2. The van der Waals surface area contributed by atoms with E-state index >= 15 is 0 Å². The summed E-state index contributed by atoms with van der Waals surface area (Å²) in [6, 6.07) is 4.09. The number of thiophene rings is 1. The minimum atomic E-state index is -0.480. The molecule has 2 aromatic rings. The van der Waals surface area contributed by atoms with Crippen molar-refractivity contribution in [3.63, 3.8) is 0 Å². The van der Waals surface area contributed by atoms with Crippen LogP contribution in [-0.4, -0.2) is 27.6 Å². The Morgan fingerprint density at radius 3 is 3.06 bits per heavy atom. The van der Waals surface area contributed by atoms with E-state index in [0.29, 0.717) is 12.5 Å². The lowest BCUT2D eigenvalue weighted by Crippen LogP contribution is -2.30. The molecule has 18 heavy (non-hydrogen) atoms. The number of carbonyl (C=O) groups is 1. The Kier molecular flexibility index (Phi) is 3.93. The Hall–Kier alpha value is -1.89. The molecule has 0 bridgehead atoms. The van der Waals surface area contributed by atoms with Gasteiger partial charge in [-0.3, -0.25) is 9.78 Å². The maximum Gasteiger partial charge on any atom is 0.341 e. The van der Waals surface area contributed by atoms with Gasteiger partial charge in [0.05, 0.1) is 0 Å². The van der Waals surface area contributed by atoms with E-state index in [2.05, 4.69) is 33.5 Å². The van der Waals surface area contributed by atoms with Crippen LogP contribution in [0, 0.1) is 5.92 Å². The van der Waals surface area contributed by atoms with Crippen LogP contribution in [-0.2, 0) is 6.42 Å². The minimum Gasteiger partial charge on any atom is -0.349 e. The molecule has 0 aliphatic carbocycles. The lowest BCUT2D eigenvalue weighted by atomic mass is 10.1. The van der Waals surface area contributed by atoms with Crippen LogP contribution < -0.4 is 11.0 Å². The third kappa shape index (κ3) is 3.30. The van der Waals surface area contributed by atoms with Crippen LogP contribution in [0.5, 0.6) is 0 Å². The van der Waals surface area contributed by atoms with Gasteiger partial charge in [0.1, 0.15) is 0 Å². The van der Waals surface area contributed by atoms with E-state index in [0.717, 1.165) is 6.42 Å². The van der Waals surface area contributed by atoms with Crippen LogP contribution in [0.2, 0.25) is 0 Å². The molecule has 0 radical (unpaired) electrons. The molecule has 96 valence electrons. The summed E-state index contributed by atoms with van der Waals surface area (Å²) in [4.78, 5) is 26.0. The summed E-state index contributed by atoms with van der Waals surface area (Å²) in [7, 11) is 0. The zero-order valence-corrected chi connectivity index (χ0v) is 10.7. The second kappa shape index (κ2) is 5.63. The smallest absolute Gasteiger partial charge is 0.341 e. The van der Waals surface area contributed by atoms with Gasteiger partial charge in [0.25, 0.3) is 5.91 Å². The molecule has 6 nitrogen and oxygen atoms in total. The zero-order valence-electron chi connectivity index (χ0n) is 9.90. The summed E-state index contributed by atoms with van der Waals surface area (Å²) in [5, 5.41) is 10.5. The Balaban J connectivity index is 1.81. The molecule has 0 spiro atoms. The summed E-state index contributed by atoms with van der Waals surface area (Å²) >= 11 is 1.71. The van der Waals surface area contributed by atoms with Gasteiger partial charge in [-0.15, -0.1) is 16.4 Å². The normalized spacial score (nSPS) is 12.3. The summed E-state index contributed by atoms with van der Waals surface area (Å²) in [6.07, 6.45) is 0.926. The summed E-state index contributed by atoms with van der Waals surface area (Å²) in [6.45, 7) is 2.61. The first kappa shape index (κ1) is 12.6. The van der Waals surface area contributed by atoms with Gasteiger partial charge in [0.15, 0.2) is 0 Å². The summed E-state index contributed by atoms with van der Waals surface area (Å²) in [5.74, 6) is -0.0204. The molecule has 7 heteroatoms. The Morgan fingerprint density at radius 1 is 1.61 bits per heavy atom. The van der Waals surface area contributed by atoms with E-state index in [-0.39, 0.29) is 11.7 Å². The van der Waals surface area contributed by atoms with Gasteiger partial charge in [-0.05, 0) is 23.8 Å². The van der Waals surface area contributed by atoms with Crippen LogP contribution in [0.3, 0.4) is 0 Å². The molecule has 2 heterocycles. The van der Waals surface area contributed by atoms with Crippen molar-refractivity contribution in [2.45, 2.75) is 13.3 Å². The van der Waals surface area contributed by atoms with E-state index in [1.54, 1.807) is 11.3 Å². The van der Waals surface area contributed by atoms with Crippen LogP contribution in [0.15, 0.2) is 22.3 Å². The highest BCUT2D eigenvalue weighted by Crippen LogP contribution is 2.13. The second-order valence-corrected chi connectivity index (χ2v) is 5.16. The van der Waals surface area contributed by atoms with Crippen LogP contribution in [0.1, 0.15) is 22.4 Å². The Morgan fingerprint density at radius 2 is 2.44 bits per heavy atom. The van der Waals surface area contributed by atoms with Crippen molar-refractivity contribution >= 4 is 17.2 Å². The molecular formula is C11H14N4O2S. The van der Waals surface area contributed by atoms with Crippen molar-refractivity contribution < 1.29 is 4.79 Å². The fourth-order valence-corrected chi connectivity index (χ4v) is 2.44. The predicted molar refractivity (Wildman–Crippen MR) is 68.7 cm³/mol. The fourth-order valence-electron chi connectivity index (χ4n) is 1.57. The number of carbonyl (C=O) groups excluding carboxylic acids is 1. The second-order valence-electron chi connectivity index (χ2n) is 4.13. The van der Waals surface area contributed by atoms with Crippen molar-refractivity contribution in [1.29, 1.82) is 0 Å². The molecule has 0 unspecified atom stereocenters. The largest absolute Gasteiger partial charge is 0.349 e. The van der Waals surface area contributed by atoms with Crippen molar-refractivity contribution in [2.75, 3.05) is 6.54 Å². The SMILES string of the molecule is C[C@H](CNC(=O)c1n[nH]c(=O)[nH]1)Cc1cccs1. The third-order valence-corrected chi connectivity index (χ3v) is 3.36. The van der Waals surface area contributed by atoms with Gasteiger partial charge in [-0.2, -0.15) is 0 Å². The first-order valence-corrected chi connectivity index (χ1v) is 6.48. The standard InChI is InChI=1S/C11H14N4O2S/c1-7(5-8-3-2-4-18-8)6-12-10(16)9-13-11(17)15-14-9/h2-4,7H,5-6H2,1H3,(H,12,16)(H2,13,14,15,17)/t7-/m0/s1. The number of aromatic amines is 2. The van der Waals surface area contributed by atoms with Gasteiger partial charge >= 0.3 is 5.69 Å². The molecule has 0 aliphatic heterocycles. The van der Waals surface area contributed by atoms with Crippen LogP contribution in [0.25, 0.3) is 0 Å². The highest BCUT2D eigenvalue weighted by Gasteiger charge is 2.11. The minimum absolute atomic E-state index is 0.0170. The fraction of sp³-hybridized carbons (Fsp3) is 0.364. The van der Waals surface area contributed by atoms with Crippen LogP contribution >= 0.6 is 11.3 Å². The number of rotatable bonds is 5. The van der Waals surface area contributed by atoms with E-state index in [4.69, 9.17) is 0 Å². The van der Waals surface area contributed by atoms with E-state index in [1.807, 2.05) is 11.4 Å². The highest BCUT2D eigenvalue weighted by atomic mass is 32.1. The summed E-state index contributed by atoms with van der Waals surface area (Å²) < 4.78 is 0. The van der Waals surface area contributed by atoms with Gasteiger partial charge in [-0.1, -0.05) is 13.0 Å². The molecule has 0 saturated carbocycles. The zero-order chi connectivity index (χ0) is 13.0. The highest BCUT2D eigenvalue weighted by molar-refractivity contribution is 7.09. The van der Waals surface area contributed by atoms with Crippen LogP contribution in [0.4, 0.5) is 0 Å². The quantitative estimate of drug-likeness (QED) is 0.746. The molecule has 1 atom stereocenters. The molecule has 0 fully saturated rings. The number of nitrogens with zero attached hydrogens (tertiary/aromatic N) is 1. The number of nitrogens with one attached hydrogen (secondary N) is 3. The number of hydrogen-bond donors (Lipinski definition) is 3. The van der Waals surface area contributed by atoms with E-state index in [1.165, 1.54) is 4.88 Å². The average Bonchev–Trinajstić information content (AvgIpc) is 2.97. The van der Waals surface area contributed by atoms with Gasteiger partial charge < -0.3 is 5.32 Å². The van der Waals surface area contributed by atoms with Gasteiger partial charge in [-0.25, -0.2) is 9.89 Å². The maximum absolute atomic E-state index is 11.6. The van der Waals surface area contributed by atoms with Crippen molar-refractivity contribution in [1.82, 2.24) is 20.5 Å². The number of aromatic nitrogens is 3. The van der Waals surface area contributed by atoms with E-state index in [9.17, 15) is 9.59 Å². The molecule has 0 saturated heterocycles. The van der Waals surface area contributed by atoms with Crippen molar-refractivity contribution in [3.05, 3.63) is 38.7 Å². The lowest BCUT2D eigenvalue weighted by Gasteiger charge is -2.10. The molecule has 0 aliphatic rings. The Labute approximate surface area is 107 Å². The van der Waals surface area contributed by atoms with Gasteiger partial charge in [0.2, 0.25) is 5.82 Å².